The summed E-state index contributed by atoms with van der Waals surface area (Å²) in [7, 11) is 4.21. The maximum absolute atomic E-state index is 4.21. The van der Waals surface area contributed by atoms with Crippen LogP contribution in [0.15, 0.2) is 0 Å². The predicted octanol–water partition coefficient (Wildman–Crippen LogP) is 1.40. The molecule has 0 nitrogen and oxygen atoms in total. The summed E-state index contributed by atoms with van der Waals surface area (Å²) in [6.07, 6.45) is 0. The van der Waals surface area contributed by atoms with Gasteiger partial charge in [0.25, 0.3) is 0 Å². The molecular formula is H2S3VZn. The van der Waals surface area contributed by atoms with E-state index < -0.39 is 0 Å². The van der Waals surface area contributed by atoms with Gasteiger partial charge in [0.05, 0.1) is 0 Å². The smallest absolute Gasteiger partial charge is 0 e. The van der Waals surface area contributed by atoms with Gasteiger partial charge in [0.1, 0.15) is 0 Å². The zero-order valence-corrected chi connectivity index (χ0v) is 9.43. The number of hydrogen-bond acceptors (Lipinski definition) is 3. The summed E-state index contributed by atoms with van der Waals surface area (Å²) >= 11 is 7.40. The second kappa shape index (κ2) is 35.6. The van der Waals surface area contributed by atoms with E-state index in [1.807, 2.05) is 0 Å². The molecular weight excluding hydrogens is 213 g/mol. The number of rotatable bonds is 0. The fraction of sp³-hybridized carbons (Fsp3) is 0. The van der Waals surface area contributed by atoms with Gasteiger partial charge in [0.2, 0.25) is 0 Å². The first-order valence-electron chi connectivity index (χ1n) is 0.489. The molecule has 0 unspecified atom stereocenters. The van der Waals surface area contributed by atoms with Crippen LogP contribution in [0, 0.1) is 0 Å². The van der Waals surface area contributed by atoms with Crippen molar-refractivity contribution in [1.29, 1.82) is 0 Å². The molecule has 0 saturated carbocycles. The molecule has 0 amide bonds. The molecule has 0 spiro atoms. The van der Waals surface area contributed by atoms with Gasteiger partial charge in [0.15, 0.2) is 0 Å². The largest absolute Gasteiger partial charge is 0 e. The van der Waals surface area contributed by atoms with Crippen LogP contribution in [-0.2, 0) is 35.1 Å². The summed E-state index contributed by atoms with van der Waals surface area (Å²) < 4.78 is 0. The summed E-state index contributed by atoms with van der Waals surface area (Å²) in [6.45, 7) is 0. The molecule has 0 fully saturated rings. The van der Waals surface area contributed by atoms with Crippen molar-refractivity contribution in [2.24, 2.45) is 0 Å². The minimum Gasteiger partial charge on any atom is 0 e. The van der Waals surface area contributed by atoms with E-state index in [-0.39, 0.29) is 18.6 Å². The molecule has 1 radical (unpaired) electrons. The Labute approximate surface area is 67.9 Å². The summed E-state index contributed by atoms with van der Waals surface area (Å²) in [5, 5.41) is 0. The summed E-state index contributed by atoms with van der Waals surface area (Å²) in [5.41, 5.74) is 0. The molecule has 0 rings (SSSR count). The molecule has 0 heterocycles. The minimum atomic E-state index is 0. The van der Waals surface area contributed by atoms with Gasteiger partial charge >= 0.3 is 26.7 Å². The maximum Gasteiger partial charge on any atom is 0 e. The molecule has 0 saturated heterocycles. The Morgan fingerprint density at radius 3 is 1.20 bits per heavy atom. The first-order chi connectivity index (χ1) is 2.00. The van der Waals surface area contributed by atoms with Gasteiger partial charge in [0, 0.05) is 18.6 Å². The molecule has 0 aliphatic rings. The molecule has 27 valence electrons. The van der Waals surface area contributed by atoms with Crippen LogP contribution in [0.5, 0.6) is 0 Å². The van der Waals surface area contributed by atoms with E-state index in [0.29, 0.717) is 0 Å². The number of thiol groups is 2. The Morgan fingerprint density at radius 1 is 1.20 bits per heavy atom. The predicted molar refractivity (Wildman–Crippen MR) is 25.6 cm³/mol. The number of hydrogen-bond donors (Lipinski definition) is 2. The van der Waals surface area contributed by atoms with Gasteiger partial charge in [-0.25, -0.2) is 0 Å². The third-order valence-electron chi connectivity index (χ3n) is 0. The van der Waals surface area contributed by atoms with Crippen LogP contribution in [0.3, 0.4) is 0 Å². The van der Waals surface area contributed by atoms with E-state index in [9.17, 15) is 0 Å². The van der Waals surface area contributed by atoms with Crippen molar-refractivity contribution in [3.05, 3.63) is 0 Å². The van der Waals surface area contributed by atoms with Crippen molar-refractivity contribution in [2.45, 2.75) is 0 Å². The average Bonchev–Trinajstić information content (AvgIpc) is 1.50. The average molecular weight is 215 g/mol. The quantitative estimate of drug-likeness (QED) is 0.349. The summed E-state index contributed by atoms with van der Waals surface area (Å²) in [6, 6.07) is 0. The SMILES string of the molecule is SS.[S]=[Zn].[V]. The van der Waals surface area contributed by atoms with Crippen LogP contribution in [0.4, 0.5) is 0 Å². The van der Waals surface area contributed by atoms with Crippen molar-refractivity contribution < 1.29 is 35.1 Å². The monoisotopic (exact) mass is 213 g/mol. The van der Waals surface area contributed by atoms with E-state index in [1.54, 1.807) is 0 Å². The Bertz CT molecular complexity index is 6.85. The van der Waals surface area contributed by atoms with E-state index in [1.165, 1.54) is 0 Å². The summed E-state index contributed by atoms with van der Waals surface area (Å²) in [4.78, 5) is 0. The third kappa shape index (κ3) is 23.1. The third-order valence-corrected chi connectivity index (χ3v) is 0. The molecule has 0 aromatic heterocycles. The molecule has 0 aromatic carbocycles. The Kier molecular flexibility index (Phi) is 112. The molecule has 0 N–H and O–H groups in total. The first-order valence-corrected chi connectivity index (χ1v) is 6.30. The van der Waals surface area contributed by atoms with Gasteiger partial charge in [-0.2, -0.15) is 0 Å². The van der Waals surface area contributed by atoms with Crippen molar-refractivity contribution in [3.8, 4) is 0 Å². The molecule has 0 aliphatic carbocycles. The van der Waals surface area contributed by atoms with Crippen LogP contribution in [-0.4, -0.2) is 0 Å². The van der Waals surface area contributed by atoms with Gasteiger partial charge in [-0.1, -0.05) is 0 Å². The van der Waals surface area contributed by atoms with Gasteiger partial charge in [-0.3, -0.25) is 0 Å². The van der Waals surface area contributed by atoms with Crippen molar-refractivity contribution in [3.63, 3.8) is 0 Å². The van der Waals surface area contributed by atoms with E-state index in [2.05, 4.69) is 33.4 Å². The molecule has 0 aromatic rings. The standard InChI is InChI=1S/H2S2.S.V.Zn/c1-2;;;/h1-2H;;;. The molecule has 0 bridgehead atoms. The topological polar surface area (TPSA) is 0 Å². The molecule has 0 aliphatic heterocycles. The second-order valence-corrected chi connectivity index (χ2v) is 0. The van der Waals surface area contributed by atoms with Crippen molar-refractivity contribution in [1.82, 2.24) is 0 Å². The van der Waals surface area contributed by atoms with Gasteiger partial charge in [-0.15, -0.1) is 23.3 Å². The van der Waals surface area contributed by atoms with Gasteiger partial charge in [-0.05, 0) is 0 Å². The fourth-order valence-electron chi connectivity index (χ4n) is 0. The van der Waals surface area contributed by atoms with Crippen molar-refractivity contribution in [2.75, 3.05) is 0 Å². The van der Waals surface area contributed by atoms with Gasteiger partial charge < -0.3 is 0 Å². The van der Waals surface area contributed by atoms with Crippen LogP contribution >= 0.6 is 33.4 Å². The fourth-order valence-corrected chi connectivity index (χ4v) is 0. The zero-order chi connectivity index (χ0) is 4.00. The normalized spacial score (nSPS) is 2.40. The minimum absolute atomic E-state index is 0. The second-order valence-electron chi connectivity index (χ2n) is 0. The van der Waals surface area contributed by atoms with Crippen molar-refractivity contribution >= 4 is 33.4 Å². The maximum atomic E-state index is 4.21. The van der Waals surface area contributed by atoms with Crippen LogP contribution in [0.25, 0.3) is 0 Å². The molecule has 5 heteroatoms. The zero-order valence-electron chi connectivity index (χ0n) is 2.46. The van der Waals surface area contributed by atoms with Crippen LogP contribution < -0.4 is 0 Å². The Hall–Kier alpha value is 2.13. The van der Waals surface area contributed by atoms with E-state index in [4.69, 9.17) is 0 Å². The van der Waals surface area contributed by atoms with E-state index >= 15 is 0 Å². The summed E-state index contributed by atoms with van der Waals surface area (Å²) in [5.74, 6) is 0. The van der Waals surface area contributed by atoms with Crippen LogP contribution in [0.2, 0.25) is 0 Å². The Morgan fingerprint density at radius 2 is 1.20 bits per heavy atom. The first kappa shape index (κ1) is 15.7. The van der Waals surface area contributed by atoms with Crippen LogP contribution in [0.1, 0.15) is 0 Å². The molecule has 0 atom stereocenters. The molecule has 5 heavy (non-hydrogen) atoms. The van der Waals surface area contributed by atoms with E-state index in [0.717, 1.165) is 16.6 Å². The Balaban J connectivity index is -0.0000000133.